The van der Waals surface area contributed by atoms with Crippen LogP contribution in [-0.2, 0) is 6.42 Å². The Labute approximate surface area is 93.1 Å². The number of thiazole rings is 1. The number of benzene rings is 1. The molecule has 2 nitrogen and oxygen atoms in total. The summed E-state index contributed by atoms with van der Waals surface area (Å²) in [7, 11) is 0. The Kier molecular flexibility index (Phi) is 2.22. The minimum Gasteiger partial charge on any atom is -0.327 e. The van der Waals surface area contributed by atoms with Crippen LogP contribution in [0.15, 0.2) is 24.3 Å². The molecule has 0 saturated heterocycles. The summed E-state index contributed by atoms with van der Waals surface area (Å²) in [5, 5.41) is 1.25. The molecule has 1 aromatic carbocycles. The Morgan fingerprint density at radius 2 is 2.20 bits per heavy atom. The Balaban J connectivity index is 1.85. The van der Waals surface area contributed by atoms with E-state index in [0.717, 1.165) is 11.9 Å². The average Bonchev–Trinajstić information content (AvgIpc) is 2.66. The highest BCUT2D eigenvalue weighted by Gasteiger charge is 2.28. The monoisotopic (exact) mass is 218 g/mol. The molecule has 1 aromatic heterocycles. The van der Waals surface area contributed by atoms with Crippen molar-refractivity contribution in [3.63, 3.8) is 0 Å². The number of nitrogens with two attached hydrogens (primary N) is 1. The van der Waals surface area contributed by atoms with Gasteiger partial charge in [-0.1, -0.05) is 12.1 Å². The van der Waals surface area contributed by atoms with Gasteiger partial charge >= 0.3 is 0 Å². The van der Waals surface area contributed by atoms with E-state index in [4.69, 9.17) is 5.73 Å². The Hall–Kier alpha value is -0.930. The van der Waals surface area contributed by atoms with Crippen LogP contribution in [0.1, 0.15) is 17.8 Å². The molecule has 0 radical (unpaired) electrons. The summed E-state index contributed by atoms with van der Waals surface area (Å²) >= 11 is 1.81. The molecule has 15 heavy (non-hydrogen) atoms. The van der Waals surface area contributed by atoms with Crippen LogP contribution in [0, 0.1) is 5.92 Å². The van der Waals surface area contributed by atoms with Crippen molar-refractivity contribution >= 4 is 21.6 Å². The number of hydrogen-bond donors (Lipinski definition) is 1. The lowest BCUT2D eigenvalue weighted by Gasteiger charge is -2.32. The first kappa shape index (κ1) is 9.31. The molecular formula is C12H14N2S. The predicted molar refractivity (Wildman–Crippen MR) is 64.0 cm³/mol. The number of aromatic nitrogens is 1. The standard InChI is InChI=1S/C12H14N2S/c13-9-6-5-8(9)7-12-14-10-3-1-2-4-11(10)15-12/h1-4,8-9H,5-7,13H2. The van der Waals surface area contributed by atoms with Crippen molar-refractivity contribution in [1.29, 1.82) is 0 Å². The molecular weight excluding hydrogens is 204 g/mol. The maximum atomic E-state index is 5.94. The Morgan fingerprint density at radius 1 is 1.33 bits per heavy atom. The van der Waals surface area contributed by atoms with Gasteiger partial charge in [-0.05, 0) is 30.9 Å². The van der Waals surface area contributed by atoms with Crippen LogP contribution >= 0.6 is 11.3 Å². The number of nitrogens with zero attached hydrogens (tertiary/aromatic N) is 1. The van der Waals surface area contributed by atoms with Crippen LogP contribution in [0.5, 0.6) is 0 Å². The van der Waals surface area contributed by atoms with E-state index in [0.29, 0.717) is 12.0 Å². The fraction of sp³-hybridized carbons (Fsp3) is 0.417. The molecule has 2 unspecified atom stereocenters. The highest BCUT2D eigenvalue weighted by Crippen LogP contribution is 2.31. The van der Waals surface area contributed by atoms with Crippen molar-refractivity contribution in [3.8, 4) is 0 Å². The molecule has 0 aliphatic heterocycles. The van der Waals surface area contributed by atoms with Crippen LogP contribution in [0.2, 0.25) is 0 Å². The first-order valence-electron chi connectivity index (χ1n) is 5.43. The van der Waals surface area contributed by atoms with Crippen molar-refractivity contribution in [1.82, 2.24) is 4.98 Å². The van der Waals surface area contributed by atoms with Gasteiger partial charge in [-0.25, -0.2) is 4.98 Å². The smallest absolute Gasteiger partial charge is 0.0941 e. The van der Waals surface area contributed by atoms with Crippen LogP contribution < -0.4 is 5.73 Å². The lowest BCUT2D eigenvalue weighted by atomic mass is 9.78. The molecule has 2 atom stereocenters. The van der Waals surface area contributed by atoms with E-state index >= 15 is 0 Å². The summed E-state index contributed by atoms with van der Waals surface area (Å²) in [6, 6.07) is 8.74. The van der Waals surface area contributed by atoms with Gasteiger partial charge < -0.3 is 5.73 Å². The van der Waals surface area contributed by atoms with E-state index in [1.807, 2.05) is 17.4 Å². The number of rotatable bonds is 2. The molecule has 0 bridgehead atoms. The molecule has 1 saturated carbocycles. The quantitative estimate of drug-likeness (QED) is 0.841. The summed E-state index contributed by atoms with van der Waals surface area (Å²) < 4.78 is 1.29. The fourth-order valence-electron chi connectivity index (χ4n) is 2.08. The van der Waals surface area contributed by atoms with Crippen molar-refractivity contribution in [2.45, 2.75) is 25.3 Å². The van der Waals surface area contributed by atoms with Gasteiger partial charge in [0.05, 0.1) is 15.2 Å². The van der Waals surface area contributed by atoms with E-state index in [9.17, 15) is 0 Å². The molecule has 78 valence electrons. The van der Waals surface area contributed by atoms with Gasteiger partial charge in [0.25, 0.3) is 0 Å². The molecule has 2 N–H and O–H groups in total. The van der Waals surface area contributed by atoms with E-state index < -0.39 is 0 Å². The SMILES string of the molecule is NC1CCC1Cc1nc2ccccc2s1. The zero-order chi connectivity index (χ0) is 10.3. The third kappa shape index (κ3) is 1.66. The molecule has 0 spiro atoms. The summed E-state index contributed by atoms with van der Waals surface area (Å²) in [4.78, 5) is 4.63. The highest BCUT2D eigenvalue weighted by atomic mass is 32.1. The van der Waals surface area contributed by atoms with E-state index in [1.54, 1.807) is 0 Å². The molecule has 3 rings (SSSR count). The van der Waals surface area contributed by atoms with Crippen molar-refractivity contribution in [2.75, 3.05) is 0 Å². The average molecular weight is 218 g/mol. The number of fused-ring (bicyclic) bond motifs is 1. The molecule has 1 heterocycles. The Bertz CT molecular complexity index is 444. The third-order valence-corrected chi connectivity index (χ3v) is 4.31. The summed E-state index contributed by atoms with van der Waals surface area (Å²) in [5.74, 6) is 0.672. The Morgan fingerprint density at radius 3 is 2.87 bits per heavy atom. The lowest BCUT2D eigenvalue weighted by Crippen LogP contribution is -2.40. The van der Waals surface area contributed by atoms with Crippen LogP contribution in [0.25, 0.3) is 10.2 Å². The maximum Gasteiger partial charge on any atom is 0.0941 e. The summed E-state index contributed by atoms with van der Waals surface area (Å²) in [5.41, 5.74) is 7.07. The summed E-state index contributed by atoms with van der Waals surface area (Å²) in [6.45, 7) is 0. The van der Waals surface area contributed by atoms with Crippen LogP contribution in [0.4, 0.5) is 0 Å². The van der Waals surface area contributed by atoms with Crippen LogP contribution in [-0.4, -0.2) is 11.0 Å². The van der Waals surface area contributed by atoms with E-state index in [-0.39, 0.29) is 0 Å². The lowest BCUT2D eigenvalue weighted by molar-refractivity contribution is 0.255. The molecule has 0 amide bonds. The van der Waals surface area contributed by atoms with Gasteiger partial charge in [0.1, 0.15) is 0 Å². The van der Waals surface area contributed by atoms with E-state index in [2.05, 4.69) is 23.2 Å². The third-order valence-electron chi connectivity index (χ3n) is 3.25. The molecule has 1 fully saturated rings. The first-order valence-corrected chi connectivity index (χ1v) is 6.24. The minimum absolute atomic E-state index is 0.414. The summed E-state index contributed by atoms with van der Waals surface area (Å²) in [6.07, 6.45) is 3.53. The van der Waals surface area contributed by atoms with Crippen LogP contribution in [0.3, 0.4) is 0 Å². The van der Waals surface area contributed by atoms with Gasteiger partial charge in [-0.3, -0.25) is 0 Å². The molecule has 1 aliphatic rings. The van der Waals surface area contributed by atoms with E-state index in [1.165, 1.54) is 22.5 Å². The van der Waals surface area contributed by atoms with Crippen molar-refractivity contribution in [3.05, 3.63) is 29.3 Å². The second-order valence-electron chi connectivity index (χ2n) is 4.28. The second-order valence-corrected chi connectivity index (χ2v) is 5.40. The second kappa shape index (κ2) is 3.58. The van der Waals surface area contributed by atoms with Gasteiger partial charge in [0.15, 0.2) is 0 Å². The number of para-hydroxylation sites is 1. The van der Waals surface area contributed by atoms with Gasteiger partial charge in [-0.15, -0.1) is 11.3 Å². The maximum absolute atomic E-state index is 5.94. The largest absolute Gasteiger partial charge is 0.327 e. The zero-order valence-corrected chi connectivity index (χ0v) is 9.33. The highest BCUT2D eigenvalue weighted by molar-refractivity contribution is 7.18. The zero-order valence-electron chi connectivity index (χ0n) is 8.52. The van der Waals surface area contributed by atoms with Gasteiger partial charge in [0, 0.05) is 12.5 Å². The molecule has 2 aromatic rings. The normalized spacial score (nSPS) is 25.4. The predicted octanol–water partition coefficient (Wildman–Crippen LogP) is 2.58. The van der Waals surface area contributed by atoms with Gasteiger partial charge in [0.2, 0.25) is 0 Å². The minimum atomic E-state index is 0.414. The molecule has 3 heteroatoms. The first-order chi connectivity index (χ1) is 7.33. The van der Waals surface area contributed by atoms with Crippen molar-refractivity contribution < 1.29 is 0 Å². The van der Waals surface area contributed by atoms with Crippen molar-refractivity contribution in [2.24, 2.45) is 11.7 Å². The topological polar surface area (TPSA) is 38.9 Å². The van der Waals surface area contributed by atoms with Gasteiger partial charge in [-0.2, -0.15) is 0 Å². The fourth-order valence-corrected chi connectivity index (χ4v) is 3.14. The molecule has 1 aliphatic carbocycles. The number of hydrogen-bond acceptors (Lipinski definition) is 3.